The second kappa shape index (κ2) is 5.77. The van der Waals surface area contributed by atoms with E-state index in [1.165, 1.54) is 15.3 Å². The van der Waals surface area contributed by atoms with Crippen LogP contribution in [0.15, 0.2) is 6.07 Å². The molecule has 1 aromatic heterocycles. The molecule has 0 amide bonds. The van der Waals surface area contributed by atoms with Crippen LogP contribution in [0.3, 0.4) is 0 Å². The van der Waals surface area contributed by atoms with Crippen molar-refractivity contribution in [2.45, 2.75) is 26.5 Å². The first-order chi connectivity index (χ1) is 7.79. The van der Waals surface area contributed by atoms with Crippen molar-refractivity contribution < 1.29 is 9.47 Å². The fourth-order valence-corrected chi connectivity index (χ4v) is 2.81. The molecule has 1 unspecified atom stereocenters. The molecule has 0 bridgehead atoms. The zero-order valence-corrected chi connectivity index (χ0v) is 10.5. The van der Waals surface area contributed by atoms with E-state index in [2.05, 4.69) is 13.0 Å². The predicted molar refractivity (Wildman–Crippen MR) is 65.5 cm³/mol. The fraction of sp³-hybridized carbons (Fsp3) is 0.667. The summed E-state index contributed by atoms with van der Waals surface area (Å²) in [6.45, 7) is 6.02. The van der Waals surface area contributed by atoms with Crippen LogP contribution in [0.2, 0.25) is 0 Å². The molecule has 4 heteroatoms. The van der Waals surface area contributed by atoms with E-state index in [0.29, 0.717) is 19.1 Å². The van der Waals surface area contributed by atoms with Crippen LogP contribution in [0, 0.1) is 12.8 Å². The molecular formula is C12H19NO2S. The summed E-state index contributed by atoms with van der Waals surface area (Å²) in [5.41, 5.74) is 6.90. The van der Waals surface area contributed by atoms with Gasteiger partial charge in [-0.05, 0) is 25.0 Å². The summed E-state index contributed by atoms with van der Waals surface area (Å²) >= 11 is 1.77. The highest BCUT2D eigenvalue weighted by molar-refractivity contribution is 7.12. The number of ether oxygens (including phenoxy) is 2. The van der Waals surface area contributed by atoms with Crippen molar-refractivity contribution in [3.05, 3.63) is 21.4 Å². The van der Waals surface area contributed by atoms with Crippen LogP contribution < -0.4 is 5.73 Å². The summed E-state index contributed by atoms with van der Waals surface area (Å²) in [4.78, 5) is 2.56. The third-order valence-corrected chi connectivity index (χ3v) is 4.02. The van der Waals surface area contributed by atoms with Gasteiger partial charge in [0, 0.05) is 28.8 Å². The van der Waals surface area contributed by atoms with E-state index in [0.717, 1.165) is 26.2 Å². The molecule has 0 aromatic carbocycles. The zero-order chi connectivity index (χ0) is 11.4. The Kier molecular flexibility index (Phi) is 4.35. The largest absolute Gasteiger partial charge is 0.381 e. The van der Waals surface area contributed by atoms with Crippen molar-refractivity contribution >= 4 is 11.3 Å². The van der Waals surface area contributed by atoms with Gasteiger partial charge in [0.1, 0.15) is 0 Å². The Hall–Kier alpha value is -0.420. The molecule has 2 N–H and O–H groups in total. The molecule has 0 radical (unpaired) electrons. The monoisotopic (exact) mass is 241 g/mol. The maximum Gasteiger partial charge on any atom is 0.0727 e. The van der Waals surface area contributed by atoms with E-state index in [9.17, 15) is 0 Å². The van der Waals surface area contributed by atoms with Crippen molar-refractivity contribution in [1.82, 2.24) is 0 Å². The summed E-state index contributed by atoms with van der Waals surface area (Å²) < 4.78 is 11.0. The Labute approximate surface area is 101 Å². The predicted octanol–water partition coefficient (Wildman–Crippen LogP) is 2.07. The average Bonchev–Trinajstić information content (AvgIpc) is 2.89. The van der Waals surface area contributed by atoms with E-state index in [1.807, 2.05) is 0 Å². The van der Waals surface area contributed by atoms with Crippen LogP contribution in [0.5, 0.6) is 0 Å². The van der Waals surface area contributed by atoms with Gasteiger partial charge < -0.3 is 15.2 Å². The number of thiophene rings is 1. The SMILES string of the molecule is Cc1sc(CN)cc1COCC1CCOC1. The van der Waals surface area contributed by atoms with E-state index in [-0.39, 0.29) is 0 Å². The fourth-order valence-electron chi connectivity index (χ4n) is 1.88. The lowest BCUT2D eigenvalue weighted by Gasteiger charge is -2.08. The molecule has 3 nitrogen and oxygen atoms in total. The van der Waals surface area contributed by atoms with Crippen molar-refractivity contribution in [2.75, 3.05) is 19.8 Å². The first-order valence-electron chi connectivity index (χ1n) is 5.73. The normalized spacial score (nSPS) is 20.5. The number of aryl methyl sites for hydroxylation is 1. The van der Waals surface area contributed by atoms with Crippen molar-refractivity contribution in [3.63, 3.8) is 0 Å². The molecule has 1 aliphatic heterocycles. The molecule has 1 atom stereocenters. The van der Waals surface area contributed by atoms with Gasteiger partial charge in [-0.15, -0.1) is 11.3 Å². The highest BCUT2D eigenvalue weighted by Crippen LogP contribution is 2.22. The van der Waals surface area contributed by atoms with Gasteiger partial charge in [-0.25, -0.2) is 0 Å². The molecule has 90 valence electrons. The highest BCUT2D eigenvalue weighted by Gasteiger charge is 2.15. The Morgan fingerprint density at radius 2 is 2.50 bits per heavy atom. The number of rotatable bonds is 5. The molecule has 1 aliphatic rings. The van der Waals surface area contributed by atoms with E-state index in [4.69, 9.17) is 15.2 Å². The minimum absolute atomic E-state index is 0.591. The van der Waals surface area contributed by atoms with Crippen LogP contribution in [-0.4, -0.2) is 19.8 Å². The van der Waals surface area contributed by atoms with Crippen LogP contribution in [0.1, 0.15) is 21.7 Å². The molecule has 1 fully saturated rings. The van der Waals surface area contributed by atoms with Gasteiger partial charge in [0.05, 0.1) is 19.8 Å². The van der Waals surface area contributed by atoms with Gasteiger partial charge in [-0.3, -0.25) is 0 Å². The molecular weight excluding hydrogens is 222 g/mol. The molecule has 1 saturated heterocycles. The summed E-state index contributed by atoms with van der Waals surface area (Å²) in [6, 6.07) is 2.16. The average molecular weight is 241 g/mol. The maximum atomic E-state index is 5.73. The van der Waals surface area contributed by atoms with Crippen molar-refractivity contribution in [1.29, 1.82) is 0 Å². The van der Waals surface area contributed by atoms with Crippen molar-refractivity contribution in [2.24, 2.45) is 11.7 Å². The lowest BCUT2D eigenvalue weighted by atomic mass is 10.1. The molecule has 2 heterocycles. The van der Waals surface area contributed by atoms with Gasteiger partial charge in [0.25, 0.3) is 0 Å². The molecule has 0 saturated carbocycles. The molecule has 16 heavy (non-hydrogen) atoms. The second-order valence-electron chi connectivity index (χ2n) is 4.24. The van der Waals surface area contributed by atoms with E-state index >= 15 is 0 Å². The van der Waals surface area contributed by atoms with Gasteiger partial charge in [0.2, 0.25) is 0 Å². The van der Waals surface area contributed by atoms with Gasteiger partial charge in [0.15, 0.2) is 0 Å². The zero-order valence-electron chi connectivity index (χ0n) is 9.70. The third-order valence-electron chi connectivity index (χ3n) is 2.91. The Bertz CT molecular complexity index is 332. The lowest BCUT2D eigenvalue weighted by Crippen LogP contribution is -2.09. The number of nitrogens with two attached hydrogens (primary N) is 1. The van der Waals surface area contributed by atoms with Gasteiger partial charge in [-0.2, -0.15) is 0 Å². The third kappa shape index (κ3) is 3.04. The van der Waals surface area contributed by atoms with Crippen LogP contribution in [-0.2, 0) is 22.6 Å². The topological polar surface area (TPSA) is 44.5 Å². The quantitative estimate of drug-likeness (QED) is 0.858. The molecule has 2 rings (SSSR count). The minimum atomic E-state index is 0.591. The Morgan fingerprint density at radius 1 is 1.62 bits per heavy atom. The first kappa shape index (κ1) is 12.0. The highest BCUT2D eigenvalue weighted by atomic mass is 32.1. The maximum absolute atomic E-state index is 5.73. The standard InChI is InChI=1S/C12H19NO2S/c1-9-11(4-12(5-13)16-9)8-15-7-10-2-3-14-6-10/h4,10H,2-3,5-8,13H2,1H3. The molecule has 0 spiro atoms. The summed E-state index contributed by atoms with van der Waals surface area (Å²) in [6.07, 6.45) is 1.14. The summed E-state index contributed by atoms with van der Waals surface area (Å²) in [5, 5.41) is 0. The summed E-state index contributed by atoms with van der Waals surface area (Å²) in [7, 11) is 0. The number of hydrogen-bond donors (Lipinski definition) is 1. The second-order valence-corrected chi connectivity index (χ2v) is 5.58. The lowest BCUT2D eigenvalue weighted by molar-refractivity contribution is 0.0791. The van der Waals surface area contributed by atoms with Gasteiger partial charge >= 0.3 is 0 Å². The summed E-state index contributed by atoms with van der Waals surface area (Å²) in [5.74, 6) is 0.591. The van der Waals surface area contributed by atoms with Crippen LogP contribution in [0.4, 0.5) is 0 Å². The molecule has 1 aromatic rings. The Balaban J connectivity index is 1.77. The van der Waals surface area contributed by atoms with Crippen molar-refractivity contribution in [3.8, 4) is 0 Å². The Morgan fingerprint density at radius 3 is 3.12 bits per heavy atom. The van der Waals surface area contributed by atoms with E-state index in [1.54, 1.807) is 11.3 Å². The smallest absolute Gasteiger partial charge is 0.0727 e. The molecule has 0 aliphatic carbocycles. The van der Waals surface area contributed by atoms with E-state index < -0.39 is 0 Å². The van der Waals surface area contributed by atoms with Crippen LogP contribution >= 0.6 is 11.3 Å². The number of hydrogen-bond acceptors (Lipinski definition) is 4. The first-order valence-corrected chi connectivity index (χ1v) is 6.55. The minimum Gasteiger partial charge on any atom is -0.381 e. The van der Waals surface area contributed by atoms with Crippen LogP contribution in [0.25, 0.3) is 0 Å². The van der Waals surface area contributed by atoms with Gasteiger partial charge in [-0.1, -0.05) is 0 Å².